The molecule has 0 N–H and O–H groups in total. The molecule has 2 heteroatoms. The van der Waals surface area contributed by atoms with Crippen molar-refractivity contribution in [1.29, 1.82) is 0 Å². The van der Waals surface area contributed by atoms with E-state index in [-0.39, 0.29) is 0 Å². The molecule has 1 aliphatic carbocycles. The molecule has 0 bridgehead atoms. The molecule has 1 aromatic heterocycles. The summed E-state index contributed by atoms with van der Waals surface area (Å²) in [4.78, 5) is 4.51. The summed E-state index contributed by atoms with van der Waals surface area (Å²) in [5.74, 6) is 2.17. The normalized spacial score (nSPS) is 25.9. The van der Waals surface area contributed by atoms with Crippen molar-refractivity contribution in [1.82, 2.24) is 9.55 Å². The highest BCUT2D eigenvalue weighted by Gasteiger charge is 2.26. The summed E-state index contributed by atoms with van der Waals surface area (Å²) in [6.07, 6.45) is 13.4. The van der Waals surface area contributed by atoms with Crippen LogP contribution in [-0.2, 0) is 6.42 Å². The van der Waals surface area contributed by atoms with Gasteiger partial charge in [0.2, 0.25) is 0 Å². The van der Waals surface area contributed by atoms with Crippen molar-refractivity contribution >= 4 is 0 Å². The highest BCUT2D eigenvalue weighted by molar-refractivity contribution is 4.97. The lowest BCUT2D eigenvalue weighted by Crippen LogP contribution is -2.23. The maximum absolute atomic E-state index is 4.51. The minimum absolute atomic E-state index is 0.725. The lowest BCUT2D eigenvalue weighted by Gasteiger charge is -2.32. The SMILES string of the molecule is CCCc1nccn1C1CCCCC1CC. The average molecular weight is 220 g/mol. The van der Waals surface area contributed by atoms with Gasteiger partial charge in [-0.15, -0.1) is 0 Å². The number of hydrogen-bond acceptors (Lipinski definition) is 1. The Labute approximate surface area is 99.1 Å². The second-order valence-electron chi connectivity index (χ2n) is 5.02. The Balaban J connectivity index is 2.16. The van der Waals surface area contributed by atoms with Crippen LogP contribution in [0.1, 0.15) is 64.2 Å². The van der Waals surface area contributed by atoms with Gasteiger partial charge in [0.25, 0.3) is 0 Å². The molecule has 1 fully saturated rings. The number of nitrogens with zero attached hydrogens (tertiary/aromatic N) is 2. The molecule has 1 saturated carbocycles. The number of hydrogen-bond donors (Lipinski definition) is 0. The zero-order chi connectivity index (χ0) is 11.4. The molecule has 1 aromatic rings. The summed E-state index contributed by atoms with van der Waals surface area (Å²) in [5, 5.41) is 0. The zero-order valence-electron chi connectivity index (χ0n) is 10.7. The number of rotatable bonds is 4. The lowest BCUT2D eigenvalue weighted by molar-refractivity contribution is 0.228. The van der Waals surface area contributed by atoms with Crippen LogP contribution in [0.2, 0.25) is 0 Å². The summed E-state index contributed by atoms with van der Waals surface area (Å²) in [6.45, 7) is 4.57. The van der Waals surface area contributed by atoms with Gasteiger partial charge in [-0.2, -0.15) is 0 Å². The van der Waals surface area contributed by atoms with Crippen LogP contribution in [0.5, 0.6) is 0 Å². The maximum Gasteiger partial charge on any atom is 0.108 e. The van der Waals surface area contributed by atoms with Crippen molar-refractivity contribution in [3.05, 3.63) is 18.2 Å². The highest BCUT2D eigenvalue weighted by Crippen LogP contribution is 2.36. The van der Waals surface area contributed by atoms with E-state index in [1.807, 2.05) is 6.20 Å². The number of aromatic nitrogens is 2. The van der Waals surface area contributed by atoms with Gasteiger partial charge in [0.15, 0.2) is 0 Å². The predicted molar refractivity (Wildman–Crippen MR) is 67.5 cm³/mol. The van der Waals surface area contributed by atoms with Crippen molar-refractivity contribution in [2.24, 2.45) is 5.92 Å². The monoisotopic (exact) mass is 220 g/mol. The van der Waals surface area contributed by atoms with Crippen LogP contribution in [0.4, 0.5) is 0 Å². The van der Waals surface area contributed by atoms with Crippen molar-refractivity contribution in [3.63, 3.8) is 0 Å². The van der Waals surface area contributed by atoms with Gasteiger partial charge >= 0.3 is 0 Å². The summed E-state index contributed by atoms with van der Waals surface area (Å²) in [7, 11) is 0. The Hall–Kier alpha value is -0.790. The van der Waals surface area contributed by atoms with Gasteiger partial charge in [0.05, 0.1) is 0 Å². The van der Waals surface area contributed by atoms with Crippen LogP contribution >= 0.6 is 0 Å². The van der Waals surface area contributed by atoms with E-state index in [1.165, 1.54) is 44.3 Å². The predicted octanol–water partition coefficient (Wildman–Crippen LogP) is 3.98. The summed E-state index contributed by atoms with van der Waals surface area (Å²) in [5.41, 5.74) is 0. The second kappa shape index (κ2) is 5.51. The molecule has 0 radical (unpaired) electrons. The molecule has 0 spiro atoms. The van der Waals surface area contributed by atoms with Crippen molar-refractivity contribution < 1.29 is 0 Å². The Morgan fingerprint density at radius 1 is 1.31 bits per heavy atom. The van der Waals surface area contributed by atoms with E-state index in [9.17, 15) is 0 Å². The van der Waals surface area contributed by atoms with Crippen LogP contribution in [0.25, 0.3) is 0 Å². The molecule has 90 valence electrons. The molecule has 0 aliphatic heterocycles. The molecule has 0 amide bonds. The first-order chi connectivity index (χ1) is 7.86. The van der Waals surface area contributed by atoms with Crippen LogP contribution in [-0.4, -0.2) is 9.55 Å². The summed E-state index contributed by atoms with van der Waals surface area (Å²) in [6, 6.07) is 0.725. The van der Waals surface area contributed by atoms with Gasteiger partial charge in [-0.3, -0.25) is 0 Å². The standard InChI is InChI=1S/C14H24N2/c1-3-7-14-15-10-11-16(14)13-9-6-5-8-12(13)4-2/h10-13H,3-9H2,1-2H3. The van der Waals surface area contributed by atoms with Crippen LogP contribution in [0.15, 0.2) is 12.4 Å². The average Bonchev–Trinajstić information content (AvgIpc) is 2.77. The van der Waals surface area contributed by atoms with Gasteiger partial charge in [-0.1, -0.05) is 33.1 Å². The first-order valence-electron chi connectivity index (χ1n) is 6.88. The van der Waals surface area contributed by atoms with E-state index < -0.39 is 0 Å². The smallest absolute Gasteiger partial charge is 0.108 e. The Kier molecular flexibility index (Phi) is 4.03. The van der Waals surface area contributed by atoms with E-state index >= 15 is 0 Å². The largest absolute Gasteiger partial charge is 0.332 e. The molecule has 0 saturated heterocycles. The third-order valence-electron chi connectivity index (χ3n) is 3.97. The second-order valence-corrected chi connectivity index (χ2v) is 5.02. The fraction of sp³-hybridized carbons (Fsp3) is 0.786. The maximum atomic E-state index is 4.51. The lowest BCUT2D eigenvalue weighted by atomic mass is 9.82. The minimum atomic E-state index is 0.725. The molecule has 0 aromatic carbocycles. The molecular formula is C14H24N2. The van der Waals surface area contributed by atoms with E-state index in [4.69, 9.17) is 0 Å². The zero-order valence-corrected chi connectivity index (χ0v) is 10.7. The summed E-state index contributed by atoms with van der Waals surface area (Å²) >= 11 is 0. The van der Waals surface area contributed by atoms with Gasteiger partial charge < -0.3 is 4.57 Å². The van der Waals surface area contributed by atoms with Gasteiger partial charge in [0, 0.05) is 24.9 Å². The van der Waals surface area contributed by atoms with E-state index in [1.54, 1.807) is 0 Å². The third kappa shape index (κ3) is 2.31. The summed E-state index contributed by atoms with van der Waals surface area (Å²) < 4.78 is 2.47. The molecule has 1 heterocycles. The van der Waals surface area contributed by atoms with E-state index in [0.29, 0.717) is 0 Å². The van der Waals surface area contributed by atoms with Crippen molar-refractivity contribution in [3.8, 4) is 0 Å². The molecule has 2 unspecified atom stereocenters. The van der Waals surface area contributed by atoms with Gasteiger partial charge in [-0.25, -0.2) is 4.98 Å². The van der Waals surface area contributed by atoms with Crippen molar-refractivity contribution in [2.45, 2.75) is 64.8 Å². The fourth-order valence-electron chi connectivity index (χ4n) is 3.09. The topological polar surface area (TPSA) is 17.8 Å². The van der Waals surface area contributed by atoms with Gasteiger partial charge in [-0.05, 0) is 25.2 Å². The van der Waals surface area contributed by atoms with Gasteiger partial charge in [0.1, 0.15) is 5.82 Å². The van der Waals surface area contributed by atoms with Crippen LogP contribution in [0, 0.1) is 5.92 Å². The van der Waals surface area contributed by atoms with E-state index in [2.05, 4.69) is 29.6 Å². The minimum Gasteiger partial charge on any atom is -0.332 e. The quantitative estimate of drug-likeness (QED) is 0.750. The van der Waals surface area contributed by atoms with E-state index in [0.717, 1.165) is 18.4 Å². The van der Waals surface area contributed by atoms with Crippen molar-refractivity contribution in [2.75, 3.05) is 0 Å². The van der Waals surface area contributed by atoms with Crippen LogP contribution < -0.4 is 0 Å². The molecule has 2 rings (SSSR count). The Bertz CT molecular complexity index is 316. The molecular weight excluding hydrogens is 196 g/mol. The molecule has 16 heavy (non-hydrogen) atoms. The molecule has 2 atom stereocenters. The first-order valence-corrected chi connectivity index (χ1v) is 6.88. The van der Waals surface area contributed by atoms with Crippen LogP contribution in [0.3, 0.4) is 0 Å². The molecule has 2 nitrogen and oxygen atoms in total. The fourth-order valence-corrected chi connectivity index (χ4v) is 3.09. The Morgan fingerprint density at radius 3 is 2.88 bits per heavy atom. The number of aryl methyl sites for hydroxylation is 1. The number of imidazole rings is 1. The molecule has 1 aliphatic rings. The first kappa shape index (κ1) is 11.7. The third-order valence-corrected chi connectivity index (χ3v) is 3.97. The highest BCUT2D eigenvalue weighted by atomic mass is 15.1. The Morgan fingerprint density at radius 2 is 2.12 bits per heavy atom.